The molecule has 1 unspecified atom stereocenters. The molecule has 0 aliphatic heterocycles. The number of nitrogens with zero attached hydrogens (tertiary/aromatic N) is 3. The van der Waals surface area contributed by atoms with Crippen molar-refractivity contribution in [1.29, 1.82) is 0 Å². The molecular formula is C19H23FN4O2. The Morgan fingerprint density at radius 1 is 1.38 bits per heavy atom. The molecule has 7 heteroatoms. The first kappa shape index (κ1) is 18.1. The molecule has 1 N–H and O–H groups in total. The van der Waals surface area contributed by atoms with E-state index in [0.29, 0.717) is 5.56 Å². The second kappa shape index (κ2) is 7.68. The summed E-state index contributed by atoms with van der Waals surface area (Å²) in [5.74, 6) is -0.538. The molecule has 0 saturated carbocycles. The summed E-state index contributed by atoms with van der Waals surface area (Å²) in [5, 5.41) is 7.52. The molecule has 1 aromatic heterocycles. The number of likely N-dealkylation sites (N-methyl/N-ethyl adjacent to an activating group) is 1. The van der Waals surface area contributed by atoms with Gasteiger partial charge in [-0.2, -0.15) is 5.10 Å². The molecule has 138 valence electrons. The number of fused-ring (bicyclic) bond motifs is 1. The van der Waals surface area contributed by atoms with Crippen molar-refractivity contribution in [3.63, 3.8) is 0 Å². The third kappa shape index (κ3) is 4.28. The highest BCUT2D eigenvalue weighted by Crippen LogP contribution is 2.28. The van der Waals surface area contributed by atoms with Gasteiger partial charge in [-0.25, -0.2) is 4.39 Å². The molecule has 3 rings (SSSR count). The number of carbonyl (C=O) groups is 2. The number of benzene rings is 1. The van der Waals surface area contributed by atoms with E-state index in [1.807, 2.05) is 6.20 Å². The Kier molecular flexibility index (Phi) is 5.35. The molecule has 0 radical (unpaired) electrons. The molecule has 1 aliphatic rings. The van der Waals surface area contributed by atoms with Crippen LogP contribution in [-0.2, 0) is 29.0 Å². The second-order valence-corrected chi connectivity index (χ2v) is 6.84. The minimum absolute atomic E-state index is 0.0310. The Labute approximate surface area is 152 Å². The van der Waals surface area contributed by atoms with Crippen LogP contribution in [-0.4, -0.2) is 40.6 Å². The predicted octanol–water partition coefficient (Wildman–Crippen LogP) is 1.85. The Morgan fingerprint density at radius 2 is 2.19 bits per heavy atom. The number of aryl methyl sites for hydroxylation is 1. The zero-order valence-electron chi connectivity index (χ0n) is 15.0. The normalized spacial score (nSPS) is 16.0. The van der Waals surface area contributed by atoms with Gasteiger partial charge in [-0.15, -0.1) is 0 Å². The Balaban J connectivity index is 1.68. The summed E-state index contributed by atoms with van der Waals surface area (Å²) in [6.07, 6.45) is 4.67. The van der Waals surface area contributed by atoms with Crippen LogP contribution in [0.15, 0.2) is 30.5 Å². The van der Waals surface area contributed by atoms with Crippen molar-refractivity contribution in [2.45, 2.75) is 38.3 Å². The third-order valence-electron chi connectivity index (χ3n) is 4.52. The lowest BCUT2D eigenvalue weighted by atomic mass is 9.93. The van der Waals surface area contributed by atoms with Crippen molar-refractivity contribution in [1.82, 2.24) is 20.0 Å². The molecule has 2 aromatic rings. The minimum Gasteiger partial charge on any atom is -0.347 e. The number of rotatable bonds is 5. The van der Waals surface area contributed by atoms with Gasteiger partial charge in [-0.05, 0) is 42.5 Å². The summed E-state index contributed by atoms with van der Waals surface area (Å²) in [6, 6.07) is 5.89. The monoisotopic (exact) mass is 358 g/mol. The fourth-order valence-corrected chi connectivity index (χ4v) is 3.18. The molecule has 0 saturated heterocycles. The highest BCUT2D eigenvalue weighted by atomic mass is 19.1. The van der Waals surface area contributed by atoms with Crippen LogP contribution in [0.4, 0.5) is 4.39 Å². The maximum atomic E-state index is 13.3. The average molecular weight is 358 g/mol. The van der Waals surface area contributed by atoms with Gasteiger partial charge in [0.25, 0.3) is 0 Å². The van der Waals surface area contributed by atoms with E-state index in [2.05, 4.69) is 10.4 Å². The number of carbonyl (C=O) groups excluding carboxylic acids is 2. The van der Waals surface area contributed by atoms with Crippen LogP contribution >= 0.6 is 0 Å². The molecule has 1 aromatic carbocycles. The first-order chi connectivity index (χ1) is 12.4. The highest BCUT2D eigenvalue weighted by Gasteiger charge is 2.25. The Morgan fingerprint density at radius 3 is 2.92 bits per heavy atom. The topological polar surface area (TPSA) is 67.2 Å². The molecular weight excluding hydrogens is 335 g/mol. The van der Waals surface area contributed by atoms with E-state index in [1.54, 1.807) is 30.9 Å². The maximum absolute atomic E-state index is 13.3. The quantitative estimate of drug-likeness (QED) is 0.887. The summed E-state index contributed by atoms with van der Waals surface area (Å²) in [7, 11) is 3.42. The van der Waals surface area contributed by atoms with Crippen LogP contribution in [0.2, 0.25) is 0 Å². The molecule has 1 heterocycles. The number of aromatic nitrogens is 2. The molecule has 0 spiro atoms. The zero-order chi connectivity index (χ0) is 18.7. The Hall–Kier alpha value is -2.70. The summed E-state index contributed by atoms with van der Waals surface area (Å²) in [5.41, 5.74) is 2.54. The number of halogens is 1. The molecule has 0 fully saturated rings. The SMILES string of the molecule is CN(C)C(=O)Cn1cc2c(n1)C(NC(=O)Cc1cccc(F)c1)CCC2. The number of amides is 2. The zero-order valence-corrected chi connectivity index (χ0v) is 15.0. The summed E-state index contributed by atoms with van der Waals surface area (Å²) >= 11 is 0. The molecule has 2 amide bonds. The fraction of sp³-hybridized carbons (Fsp3) is 0.421. The lowest BCUT2D eigenvalue weighted by molar-refractivity contribution is -0.129. The van der Waals surface area contributed by atoms with Crippen molar-refractivity contribution < 1.29 is 14.0 Å². The van der Waals surface area contributed by atoms with Gasteiger partial charge in [-0.3, -0.25) is 14.3 Å². The number of nitrogens with one attached hydrogen (secondary N) is 1. The van der Waals surface area contributed by atoms with Crippen molar-refractivity contribution in [2.24, 2.45) is 0 Å². The van der Waals surface area contributed by atoms with E-state index in [-0.39, 0.29) is 36.6 Å². The molecule has 26 heavy (non-hydrogen) atoms. The van der Waals surface area contributed by atoms with Gasteiger partial charge in [0.2, 0.25) is 11.8 Å². The van der Waals surface area contributed by atoms with Gasteiger partial charge < -0.3 is 10.2 Å². The van der Waals surface area contributed by atoms with Crippen molar-refractivity contribution in [2.75, 3.05) is 14.1 Å². The Bertz CT molecular complexity index is 816. The van der Waals surface area contributed by atoms with Crippen molar-refractivity contribution >= 4 is 11.8 Å². The van der Waals surface area contributed by atoms with Crippen LogP contribution in [0.5, 0.6) is 0 Å². The lowest BCUT2D eigenvalue weighted by Gasteiger charge is -2.22. The summed E-state index contributed by atoms with van der Waals surface area (Å²) < 4.78 is 14.9. The van der Waals surface area contributed by atoms with Crippen LogP contribution in [0.25, 0.3) is 0 Å². The minimum atomic E-state index is -0.348. The second-order valence-electron chi connectivity index (χ2n) is 6.84. The molecule has 1 aliphatic carbocycles. The van der Waals surface area contributed by atoms with Crippen LogP contribution in [0, 0.1) is 5.82 Å². The first-order valence-electron chi connectivity index (χ1n) is 8.72. The standard InChI is InChI=1S/C19H23FN4O2/c1-23(2)18(26)12-24-11-14-6-4-8-16(19(14)22-24)21-17(25)10-13-5-3-7-15(20)9-13/h3,5,7,9,11,16H,4,6,8,10,12H2,1-2H3,(H,21,25). The van der Waals surface area contributed by atoms with E-state index < -0.39 is 0 Å². The summed E-state index contributed by atoms with van der Waals surface area (Å²) in [4.78, 5) is 25.8. The predicted molar refractivity (Wildman–Crippen MR) is 94.8 cm³/mol. The van der Waals surface area contributed by atoms with Crippen LogP contribution in [0.3, 0.4) is 0 Å². The fourth-order valence-electron chi connectivity index (χ4n) is 3.18. The van der Waals surface area contributed by atoms with E-state index in [9.17, 15) is 14.0 Å². The van der Waals surface area contributed by atoms with Crippen LogP contribution < -0.4 is 5.32 Å². The van der Waals surface area contributed by atoms with Crippen molar-refractivity contribution in [3.8, 4) is 0 Å². The smallest absolute Gasteiger partial charge is 0.243 e. The maximum Gasteiger partial charge on any atom is 0.243 e. The van der Waals surface area contributed by atoms with Gasteiger partial charge in [0, 0.05) is 20.3 Å². The first-order valence-corrected chi connectivity index (χ1v) is 8.72. The van der Waals surface area contributed by atoms with Gasteiger partial charge >= 0.3 is 0 Å². The van der Waals surface area contributed by atoms with Crippen LogP contribution in [0.1, 0.15) is 35.7 Å². The van der Waals surface area contributed by atoms with E-state index in [4.69, 9.17) is 0 Å². The number of hydrogen-bond donors (Lipinski definition) is 1. The van der Waals surface area contributed by atoms with Gasteiger partial charge in [0.05, 0.1) is 18.2 Å². The average Bonchev–Trinajstić information content (AvgIpc) is 2.98. The van der Waals surface area contributed by atoms with Gasteiger partial charge in [0.15, 0.2) is 0 Å². The molecule has 0 bridgehead atoms. The van der Waals surface area contributed by atoms with E-state index in [1.165, 1.54) is 17.0 Å². The number of hydrogen-bond acceptors (Lipinski definition) is 3. The van der Waals surface area contributed by atoms with Crippen molar-refractivity contribution in [3.05, 3.63) is 53.1 Å². The summed E-state index contributed by atoms with van der Waals surface area (Å²) in [6.45, 7) is 0.184. The molecule has 1 atom stereocenters. The van der Waals surface area contributed by atoms with Gasteiger partial charge in [-0.1, -0.05) is 12.1 Å². The van der Waals surface area contributed by atoms with E-state index >= 15 is 0 Å². The lowest BCUT2D eigenvalue weighted by Crippen LogP contribution is -2.32. The molecule has 6 nitrogen and oxygen atoms in total. The third-order valence-corrected chi connectivity index (χ3v) is 4.52. The highest BCUT2D eigenvalue weighted by molar-refractivity contribution is 5.79. The largest absolute Gasteiger partial charge is 0.347 e. The van der Waals surface area contributed by atoms with Gasteiger partial charge in [0.1, 0.15) is 12.4 Å². The van der Waals surface area contributed by atoms with E-state index in [0.717, 1.165) is 30.5 Å².